The lowest BCUT2D eigenvalue weighted by atomic mass is 9.55. The molecule has 0 saturated heterocycles. The van der Waals surface area contributed by atoms with Gasteiger partial charge in [0.25, 0.3) is 0 Å². The molecule has 130 valence electrons. The topological polar surface area (TPSA) is 0 Å². The Balaban J connectivity index is 1.70. The molecule has 4 atom stereocenters. The van der Waals surface area contributed by atoms with E-state index in [-0.39, 0.29) is 0 Å². The van der Waals surface area contributed by atoms with Crippen molar-refractivity contribution in [3.05, 3.63) is 46.0 Å². The molecule has 3 aliphatic carbocycles. The first-order chi connectivity index (χ1) is 11.6. The van der Waals surface area contributed by atoms with Crippen molar-refractivity contribution >= 4 is 0 Å². The highest BCUT2D eigenvalue weighted by molar-refractivity contribution is 5.43. The summed E-state index contributed by atoms with van der Waals surface area (Å²) >= 11 is 0. The van der Waals surface area contributed by atoms with Crippen LogP contribution in [0.1, 0.15) is 87.5 Å². The van der Waals surface area contributed by atoms with Gasteiger partial charge < -0.3 is 0 Å². The molecule has 0 aromatic heterocycles. The maximum atomic E-state index is 2.60. The SMILES string of the molecule is CC/C=C1\CCC2C3CCc4cc(C)c(CC)cc4C3CCC12C. The Morgan fingerprint density at radius 2 is 1.96 bits per heavy atom. The van der Waals surface area contributed by atoms with Crippen molar-refractivity contribution in [2.75, 3.05) is 0 Å². The Morgan fingerprint density at radius 3 is 2.71 bits per heavy atom. The van der Waals surface area contributed by atoms with Crippen LogP contribution < -0.4 is 0 Å². The van der Waals surface area contributed by atoms with Crippen LogP contribution in [0, 0.1) is 24.2 Å². The fourth-order valence-corrected chi connectivity index (χ4v) is 6.60. The second kappa shape index (κ2) is 6.04. The van der Waals surface area contributed by atoms with Crippen LogP contribution in [0.5, 0.6) is 0 Å². The van der Waals surface area contributed by atoms with Crippen LogP contribution in [0.25, 0.3) is 0 Å². The standard InChI is InChI=1S/C24H34/c1-5-7-19-9-11-23-21-10-8-18-14-16(3)17(6-2)15-22(18)20(21)12-13-24(19,23)4/h7,14-15,20-21,23H,5-6,8-13H2,1-4H3/b19-7+. The average molecular weight is 323 g/mol. The first-order valence-corrected chi connectivity index (χ1v) is 10.4. The number of benzene rings is 1. The molecule has 0 radical (unpaired) electrons. The van der Waals surface area contributed by atoms with E-state index >= 15 is 0 Å². The van der Waals surface area contributed by atoms with Crippen molar-refractivity contribution in [1.29, 1.82) is 0 Å². The largest absolute Gasteiger partial charge is 0.0850 e. The summed E-state index contributed by atoms with van der Waals surface area (Å²) < 4.78 is 0. The van der Waals surface area contributed by atoms with Gasteiger partial charge in [0.15, 0.2) is 0 Å². The van der Waals surface area contributed by atoms with Gasteiger partial charge in [-0.3, -0.25) is 0 Å². The predicted octanol–water partition coefficient (Wildman–Crippen LogP) is 6.75. The Bertz CT molecular complexity index is 665. The van der Waals surface area contributed by atoms with Gasteiger partial charge in [0.1, 0.15) is 0 Å². The molecule has 0 bridgehead atoms. The van der Waals surface area contributed by atoms with Crippen LogP contribution in [0.3, 0.4) is 0 Å². The molecule has 1 aromatic carbocycles. The van der Waals surface area contributed by atoms with E-state index in [2.05, 4.69) is 45.9 Å². The molecule has 24 heavy (non-hydrogen) atoms. The van der Waals surface area contributed by atoms with Crippen molar-refractivity contribution in [3.63, 3.8) is 0 Å². The lowest BCUT2D eigenvalue weighted by Crippen LogP contribution is -2.40. The summed E-state index contributed by atoms with van der Waals surface area (Å²) in [6.07, 6.45) is 13.4. The fourth-order valence-electron chi connectivity index (χ4n) is 6.60. The Morgan fingerprint density at radius 1 is 1.12 bits per heavy atom. The molecule has 3 aliphatic rings. The molecule has 0 amide bonds. The molecule has 2 saturated carbocycles. The zero-order valence-electron chi connectivity index (χ0n) is 16.1. The van der Waals surface area contributed by atoms with Crippen LogP contribution in [0.2, 0.25) is 0 Å². The highest BCUT2D eigenvalue weighted by atomic mass is 14.6. The van der Waals surface area contributed by atoms with Gasteiger partial charge >= 0.3 is 0 Å². The van der Waals surface area contributed by atoms with Gasteiger partial charge in [-0.1, -0.05) is 44.6 Å². The molecule has 1 aromatic rings. The number of hydrogen-bond donors (Lipinski definition) is 0. The molecule has 0 heterocycles. The van der Waals surface area contributed by atoms with E-state index in [1.165, 1.54) is 56.9 Å². The summed E-state index contributed by atoms with van der Waals surface area (Å²) in [5, 5.41) is 0. The van der Waals surface area contributed by atoms with Crippen molar-refractivity contribution < 1.29 is 0 Å². The lowest BCUT2D eigenvalue weighted by molar-refractivity contribution is 0.0812. The quantitative estimate of drug-likeness (QED) is 0.528. The highest BCUT2D eigenvalue weighted by Gasteiger charge is 2.52. The van der Waals surface area contributed by atoms with Crippen LogP contribution in [-0.4, -0.2) is 0 Å². The maximum absolute atomic E-state index is 2.60. The number of hydrogen-bond acceptors (Lipinski definition) is 0. The second-order valence-electron chi connectivity index (χ2n) is 8.88. The molecule has 0 aliphatic heterocycles. The van der Waals surface area contributed by atoms with Gasteiger partial charge in [0, 0.05) is 0 Å². The minimum Gasteiger partial charge on any atom is -0.0850 e. The van der Waals surface area contributed by atoms with Crippen LogP contribution in [0.15, 0.2) is 23.8 Å². The Hall–Kier alpha value is -1.04. The van der Waals surface area contributed by atoms with E-state index in [0.29, 0.717) is 5.41 Å². The second-order valence-corrected chi connectivity index (χ2v) is 8.88. The number of fused-ring (bicyclic) bond motifs is 5. The van der Waals surface area contributed by atoms with E-state index < -0.39 is 0 Å². The summed E-state index contributed by atoms with van der Waals surface area (Å²) in [5.74, 6) is 2.72. The van der Waals surface area contributed by atoms with E-state index in [1.807, 2.05) is 0 Å². The molecular formula is C24H34. The Kier molecular flexibility index (Phi) is 4.14. The molecule has 0 heteroatoms. The normalized spacial score (nSPS) is 36.3. The monoisotopic (exact) mass is 322 g/mol. The predicted molar refractivity (Wildman–Crippen MR) is 104 cm³/mol. The molecule has 2 fully saturated rings. The summed E-state index contributed by atoms with van der Waals surface area (Å²) in [6.45, 7) is 9.53. The summed E-state index contributed by atoms with van der Waals surface area (Å²) in [7, 11) is 0. The molecule has 0 spiro atoms. The average Bonchev–Trinajstić information content (AvgIpc) is 2.91. The van der Waals surface area contributed by atoms with Crippen molar-refractivity contribution in [3.8, 4) is 0 Å². The molecule has 4 unspecified atom stereocenters. The summed E-state index contributed by atoms with van der Waals surface area (Å²) in [6, 6.07) is 5.12. The van der Waals surface area contributed by atoms with Gasteiger partial charge in [0.05, 0.1) is 0 Å². The number of rotatable bonds is 2. The van der Waals surface area contributed by atoms with Crippen LogP contribution in [0.4, 0.5) is 0 Å². The fraction of sp³-hybridized carbons (Fsp3) is 0.667. The van der Waals surface area contributed by atoms with Gasteiger partial charge in [-0.05, 0) is 104 Å². The van der Waals surface area contributed by atoms with Gasteiger partial charge in [-0.25, -0.2) is 0 Å². The van der Waals surface area contributed by atoms with Crippen molar-refractivity contribution in [2.45, 2.75) is 85.0 Å². The van der Waals surface area contributed by atoms with Crippen LogP contribution >= 0.6 is 0 Å². The first-order valence-electron chi connectivity index (χ1n) is 10.4. The van der Waals surface area contributed by atoms with Crippen LogP contribution in [-0.2, 0) is 12.8 Å². The van der Waals surface area contributed by atoms with E-state index in [4.69, 9.17) is 0 Å². The van der Waals surface area contributed by atoms with Crippen molar-refractivity contribution in [2.24, 2.45) is 17.3 Å². The molecule has 0 nitrogen and oxygen atoms in total. The maximum Gasteiger partial charge on any atom is -0.00850 e. The Labute approximate surface area is 148 Å². The molecular weight excluding hydrogens is 288 g/mol. The molecule has 0 N–H and O–H groups in total. The summed E-state index contributed by atoms with van der Waals surface area (Å²) in [4.78, 5) is 0. The van der Waals surface area contributed by atoms with E-state index in [0.717, 1.165) is 17.8 Å². The van der Waals surface area contributed by atoms with Crippen molar-refractivity contribution in [1.82, 2.24) is 0 Å². The van der Waals surface area contributed by atoms with E-state index in [9.17, 15) is 0 Å². The van der Waals surface area contributed by atoms with Gasteiger partial charge in [0.2, 0.25) is 0 Å². The minimum atomic E-state index is 0.521. The third kappa shape index (κ3) is 2.32. The third-order valence-electron chi connectivity index (χ3n) is 7.86. The number of allylic oxidation sites excluding steroid dienone is 2. The highest BCUT2D eigenvalue weighted by Crippen LogP contribution is 2.62. The third-order valence-corrected chi connectivity index (χ3v) is 7.86. The van der Waals surface area contributed by atoms with Gasteiger partial charge in [-0.15, -0.1) is 0 Å². The van der Waals surface area contributed by atoms with Gasteiger partial charge in [-0.2, -0.15) is 0 Å². The molecule has 4 rings (SSSR count). The number of aryl methyl sites for hydroxylation is 3. The zero-order chi connectivity index (χ0) is 16.9. The lowest BCUT2D eigenvalue weighted by Gasteiger charge is -2.50. The first kappa shape index (κ1) is 16.4. The zero-order valence-corrected chi connectivity index (χ0v) is 16.1. The van der Waals surface area contributed by atoms with E-state index in [1.54, 1.807) is 22.3 Å². The smallest absolute Gasteiger partial charge is 0.00850 e. The minimum absolute atomic E-state index is 0.521. The summed E-state index contributed by atoms with van der Waals surface area (Å²) in [5.41, 5.74) is 8.84.